The molecule has 8 nitrogen and oxygen atoms in total. The van der Waals surface area contributed by atoms with Crippen molar-refractivity contribution in [1.82, 2.24) is 0 Å². The minimum Gasteiger partial charge on any atom is -0.475 e. The van der Waals surface area contributed by atoms with Crippen molar-refractivity contribution >= 4 is 44.9 Å². The molecule has 0 unspecified atom stereocenters. The second kappa shape index (κ2) is 7.98. The highest BCUT2D eigenvalue weighted by molar-refractivity contribution is 7.92. The lowest BCUT2D eigenvalue weighted by atomic mass is 10.1. The number of hydrogen-bond donors (Lipinski definition) is 3. The molecule has 3 N–H and O–H groups in total. The number of carboxylic acid groups (broad SMARTS) is 1. The van der Waals surface area contributed by atoms with Gasteiger partial charge in [0.25, 0.3) is 10.0 Å². The summed E-state index contributed by atoms with van der Waals surface area (Å²) < 4.78 is 32.7. The number of benzene rings is 2. The highest BCUT2D eigenvalue weighted by Crippen LogP contribution is 2.32. The minimum atomic E-state index is -3.88. The summed E-state index contributed by atoms with van der Waals surface area (Å²) in [5.41, 5.74) is 1.11. The van der Waals surface area contributed by atoms with E-state index in [0.29, 0.717) is 11.3 Å². The third kappa shape index (κ3) is 4.76. The first-order valence-electron chi connectivity index (χ1n) is 8.19. The van der Waals surface area contributed by atoms with E-state index in [2.05, 4.69) is 10.0 Å². The fourth-order valence-electron chi connectivity index (χ4n) is 2.51. The van der Waals surface area contributed by atoms with Gasteiger partial charge in [0, 0.05) is 18.2 Å². The second-order valence-corrected chi connectivity index (χ2v) is 8.06. The Labute approximate surface area is 171 Å². The molecule has 0 radical (unpaired) electrons. The SMILES string of the molecule is CC(=O)Nc1ccc(S(=O)(=O)Nc2ccc(-c3ccc(C(=O)O)o3)c(Cl)c2)cc1. The summed E-state index contributed by atoms with van der Waals surface area (Å²) in [5, 5.41) is 11.7. The van der Waals surface area contributed by atoms with E-state index in [4.69, 9.17) is 21.1 Å². The van der Waals surface area contributed by atoms with Crippen LogP contribution in [0.4, 0.5) is 11.4 Å². The maximum Gasteiger partial charge on any atom is 0.371 e. The predicted molar refractivity (Wildman–Crippen MR) is 108 cm³/mol. The van der Waals surface area contributed by atoms with Crippen LogP contribution in [0.2, 0.25) is 5.02 Å². The fourth-order valence-corrected chi connectivity index (χ4v) is 3.83. The van der Waals surface area contributed by atoms with Gasteiger partial charge in [-0.05, 0) is 54.6 Å². The number of halogens is 1. The molecule has 1 heterocycles. The molecule has 0 aliphatic heterocycles. The molecule has 0 saturated carbocycles. The zero-order valence-electron chi connectivity index (χ0n) is 15.0. The summed E-state index contributed by atoms with van der Waals surface area (Å²) in [6, 6.07) is 12.8. The van der Waals surface area contributed by atoms with Gasteiger partial charge in [0.2, 0.25) is 11.7 Å². The van der Waals surface area contributed by atoms with Gasteiger partial charge in [0.05, 0.1) is 15.6 Å². The zero-order valence-corrected chi connectivity index (χ0v) is 16.5. The number of furan rings is 1. The van der Waals surface area contributed by atoms with Gasteiger partial charge in [-0.1, -0.05) is 11.6 Å². The topological polar surface area (TPSA) is 126 Å². The first-order chi connectivity index (χ1) is 13.7. The Morgan fingerprint density at radius 2 is 1.66 bits per heavy atom. The minimum absolute atomic E-state index is 0.00364. The molecule has 10 heteroatoms. The van der Waals surface area contributed by atoms with Crippen molar-refractivity contribution in [3.8, 4) is 11.3 Å². The van der Waals surface area contributed by atoms with Crippen LogP contribution in [-0.2, 0) is 14.8 Å². The first-order valence-corrected chi connectivity index (χ1v) is 10.1. The summed E-state index contributed by atoms with van der Waals surface area (Å²) in [6.07, 6.45) is 0. The number of carbonyl (C=O) groups excluding carboxylic acids is 1. The van der Waals surface area contributed by atoms with Crippen LogP contribution >= 0.6 is 11.6 Å². The third-order valence-electron chi connectivity index (χ3n) is 3.79. The van der Waals surface area contributed by atoms with Crippen LogP contribution in [0.3, 0.4) is 0 Å². The van der Waals surface area contributed by atoms with Gasteiger partial charge in [-0.15, -0.1) is 0 Å². The van der Waals surface area contributed by atoms with Crippen molar-refractivity contribution in [3.63, 3.8) is 0 Å². The van der Waals surface area contributed by atoms with Crippen molar-refractivity contribution in [2.45, 2.75) is 11.8 Å². The Morgan fingerprint density at radius 3 is 2.21 bits per heavy atom. The molecular formula is C19H15ClN2O6S. The van der Waals surface area contributed by atoms with Crippen molar-refractivity contribution < 1.29 is 27.5 Å². The number of carboxylic acids is 1. The summed E-state index contributed by atoms with van der Waals surface area (Å²) in [7, 11) is -3.88. The van der Waals surface area contributed by atoms with Crippen LogP contribution in [0.5, 0.6) is 0 Å². The van der Waals surface area contributed by atoms with Gasteiger partial charge in [0.1, 0.15) is 5.76 Å². The fraction of sp³-hybridized carbons (Fsp3) is 0.0526. The molecule has 1 aromatic heterocycles. The predicted octanol–water partition coefficient (Wildman–Crippen LogP) is 4.06. The van der Waals surface area contributed by atoms with Crippen molar-refractivity contribution in [3.05, 3.63) is 65.4 Å². The molecule has 0 fully saturated rings. The maximum atomic E-state index is 12.6. The van der Waals surface area contributed by atoms with Gasteiger partial charge < -0.3 is 14.8 Å². The Balaban J connectivity index is 1.81. The lowest BCUT2D eigenvalue weighted by molar-refractivity contribution is -0.114. The normalized spacial score (nSPS) is 11.1. The molecule has 3 rings (SSSR count). The zero-order chi connectivity index (χ0) is 21.2. The van der Waals surface area contributed by atoms with E-state index in [1.165, 1.54) is 61.5 Å². The maximum absolute atomic E-state index is 12.6. The smallest absolute Gasteiger partial charge is 0.371 e. The van der Waals surface area contributed by atoms with Gasteiger partial charge in [0.15, 0.2) is 0 Å². The van der Waals surface area contributed by atoms with E-state index in [9.17, 15) is 18.0 Å². The summed E-state index contributed by atoms with van der Waals surface area (Å²) >= 11 is 6.21. The van der Waals surface area contributed by atoms with Gasteiger partial charge in [-0.2, -0.15) is 0 Å². The molecule has 1 amide bonds. The average molecular weight is 435 g/mol. The monoisotopic (exact) mass is 434 g/mol. The van der Waals surface area contributed by atoms with Crippen LogP contribution in [-0.4, -0.2) is 25.4 Å². The molecule has 0 saturated heterocycles. The summed E-state index contributed by atoms with van der Waals surface area (Å²) in [5.74, 6) is -1.46. The van der Waals surface area contributed by atoms with Crippen molar-refractivity contribution in [2.75, 3.05) is 10.0 Å². The van der Waals surface area contributed by atoms with Gasteiger partial charge in [-0.3, -0.25) is 9.52 Å². The van der Waals surface area contributed by atoms with Crippen LogP contribution in [0, 0.1) is 0 Å². The first kappa shape index (κ1) is 20.4. The molecule has 0 spiro atoms. The van der Waals surface area contributed by atoms with Crippen molar-refractivity contribution in [1.29, 1.82) is 0 Å². The summed E-state index contributed by atoms with van der Waals surface area (Å²) in [6.45, 7) is 1.35. The second-order valence-electron chi connectivity index (χ2n) is 5.97. The van der Waals surface area contributed by atoms with E-state index in [-0.39, 0.29) is 33.0 Å². The number of amides is 1. The molecule has 3 aromatic rings. The van der Waals surface area contributed by atoms with Crippen molar-refractivity contribution in [2.24, 2.45) is 0 Å². The van der Waals surface area contributed by atoms with E-state index in [1.54, 1.807) is 0 Å². The Kier molecular flexibility index (Phi) is 5.62. The quantitative estimate of drug-likeness (QED) is 0.537. The van der Waals surface area contributed by atoms with Crippen LogP contribution < -0.4 is 10.0 Å². The highest BCUT2D eigenvalue weighted by atomic mass is 35.5. The number of rotatable bonds is 6. The molecular weight excluding hydrogens is 420 g/mol. The average Bonchev–Trinajstić information content (AvgIpc) is 3.11. The lowest BCUT2D eigenvalue weighted by Crippen LogP contribution is -2.13. The van der Waals surface area contributed by atoms with Crippen LogP contribution in [0.25, 0.3) is 11.3 Å². The standard InChI is InChI=1S/C19H15ClN2O6S/c1-11(23)21-12-2-5-14(6-3-12)29(26,27)22-13-4-7-15(16(20)10-13)17-8-9-18(28-17)19(24)25/h2-10,22H,1H3,(H,21,23)(H,24,25). The highest BCUT2D eigenvalue weighted by Gasteiger charge is 2.17. The Morgan fingerprint density at radius 1 is 1.00 bits per heavy atom. The number of aromatic carboxylic acids is 1. The van der Waals surface area contributed by atoms with Gasteiger partial charge >= 0.3 is 5.97 Å². The number of anilines is 2. The Bertz CT molecular complexity index is 1190. The number of sulfonamides is 1. The molecule has 0 aliphatic carbocycles. The van der Waals surface area contributed by atoms with Crippen LogP contribution in [0.15, 0.2) is 63.9 Å². The van der Waals surface area contributed by atoms with E-state index in [0.717, 1.165) is 0 Å². The molecule has 0 atom stereocenters. The Hall–Kier alpha value is -3.30. The van der Waals surface area contributed by atoms with E-state index < -0.39 is 16.0 Å². The molecule has 150 valence electrons. The van der Waals surface area contributed by atoms with Crippen LogP contribution in [0.1, 0.15) is 17.5 Å². The molecule has 0 bridgehead atoms. The number of carbonyl (C=O) groups is 2. The number of hydrogen-bond acceptors (Lipinski definition) is 5. The number of nitrogens with one attached hydrogen (secondary N) is 2. The molecule has 2 aromatic carbocycles. The third-order valence-corrected chi connectivity index (χ3v) is 5.50. The summed E-state index contributed by atoms with van der Waals surface area (Å²) in [4.78, 5) is 22.0. The van der Waals surface area contributed by atoms with Gasteiger partial charge in [-0.25, -0.2) is 13.2 Å². The lowest BCUT2D eigenvalue weighted by Gasteiger charge is -2.10. The van der Waals surface area contributed by atoms with E-state index in [1.807, 2.05) is 0 Å². The largest absolute Gasteiger partial charge is 0.475 e. The van der Waals surface area contributed by atoms with E-state index >= 15 is 0 Å². The molecule has 29 heavy (non-hydrogen) atoms. The molecule has 0 aliphatic rings.